The number of rotatable bonds is 4. The standard InChI is InChI=1S/C7H16N2O.ClH/c1-4-7(8-3)5-9-6(2)10;/h7-8H,4-5H2,1-3H3,(H,9,10);1H. The predicted molar refractivity (Wildman–Crippen MR) is 49.1 cm³/mol. The van der Waals surface area contributed by atoms with Gasteiger partial charge in [-0.05, 0) is 13.5 Å². The van der Waals surface area contributed by atoms with Gasteiger partial charge in [0.05, 0.1) is 0 Å². The van der Waals surface area contributed by atoms with Crippen LogP contribution in [0.3, 0.4) is 0 Å². The Morgan fingerprint density at radius 3 is 2.36 bits per heavy atom. The predicted octanol–water partition coefficient (Wildman–Crippen LogP) is 0.542. The molecule has 3 nitrogen and oxygen atoms in total. The summed E-state index contributed by atoms with van der Waals surface area (Å²) in [4.78, 5) is 10.4. The zero-order chi connectivity index (χ0) is 7.98. The topological polar surface area (TPSA) is 41.1 Å². The summed E-state index contributed by atoms with van der Waals surface area (Å²) in [5.41, 5.74) is 0. The van der Waals surface area contributed by atoms with E-state index in [4.69, 9.17) is 0 Å². The second-order valence-electron chi connectivity index (χ2n) is 2.33. The molecule has 4 heteroatoms. The van der Waals surface area contributed by atoms with E-state index in [-0.39, 0.29) is 18.3 Å². The summed E-state index contributed by atoms with van der Waals surface area (Å²) in [5.74, 6) is 0.0358. The van der Waals surface area contributed by atoms with Crippen LogP contribution in [-0.2, 0) is 4.79 Å². The lowest BCUT2D eigenvalue weighted by atomic mass is 10.2. The fraction of sp³-hybridized carbons (Fsp3) is 0.857. The van der Waals surface area contributed by atoms with Crippen LogP contribution in [0.1, 0.15) is 20.3 Å². The van der Waals surface area contributed by atoms with Crippen molar-refractivity contribution in [2.75, 3.05) is 13.6 Å². The number of hydrogen-bond donors (Lipinski definition) is 2. The van der Waals surface area contributed by atoms with Crippen LogP contribution < -0.4 is 10.6 Å². The molecule has 0 bridgehead atoms. The van der Waals surface area contributed by atoms with E-state index in [0.717, 1.165) is 13.0 Å². The molecule has 0 aliphatic heterocycles. The van der Waals surface area contributed by atoms with Crippen molar-refractivity contribution in [1.82, 2.24) is 10.6 Å². The van der Waals surface area contributed by atoms with Gasteiger partial charge in [0, 0.05) is 19.5 Å². The van der Waals surface area contributed by atoms with Crippen molar-refractivity contribution in [3.8, 4) is 0 Å². The van der Waals surface area contributed by atoms with Gasteiger partial charge in [0.2, 0.25) is 5.91 Å². The molecule has 1 amide bonds. The van der Waals surface area contributed by atoms with E-state index in [0.29, 0.717) is 6.04 Å². The van der Waals surface area contributed by atoms with E-state index in [1.165, 1.54) is 6.92 Å². The summed E-state index contributed by atoms with van der Waals surface area (Å²) in [7, 11) is 1.90. The van der Waals surface area contributed by atoms with Crippen molar-refractivity contribution >= 4 is 18.3 Å². The Labute approximate surface area is 74.3 Å². The number of amides is 1. The van der Waals surface area contributed by atoms with Crippen LogP contribution in [0.15, 0.2) is 0 Å². The Kier molecular flexibility index (Phi) is 9.47. The fourth-order valence-electron chi connectivity index (χ4n) is 0.717. The molecular formula is C7H17ClN2O. The molecule has 0 heterocycles. The average Bonchev–Trinajstić information content (AvgIpc) is 1.90. The monoisotopic (exact) mass is 180 g/mol. The SMILES string of the molecule is CCC(CNC(C)=O)NC.Cl. The first-order valence-corrected chi connectivity index (χ1v) is 3.62. The normalized spacial score (nSPS) is 11.5. The average molecular weight is 181 g/mol. The van der Waals surface area contributed by atoms with Gasteiger partial charge in [0.1, 0.15) is 0 Å². The Morgan fingerprint density at radius 1 is 1.55 bits per heavy atom. The van der Waals surface area contributed by atoms with Gasteiger partial charge in [-0.25, -0.2) is 0 Å². The number of nitrogens with one attached hydrogen (secondary N) is 2. The molecule has 0 aromatic rings. The number of halogens is 1. The maximum Gasteiger partial charge on any atom is 0.216 e. The van der Waals surface area contributed by atoms with E-state index >= 15 is 0 Å². The highest BCUT2D eigenvalue weighted by atomic mass is 35.5. The van der Waals surface area contributed by atoms with Crippen LogP contribution in [-0.4, -0.2) is 25.5 Å². The second-order valence-corrected chi connectivity index (χ2v) is 2.33. The van der Waals surface area contributed by atoms with Gasteiger partial charge in [-0.15, -0.1) is 12.4 Å². The van der Waals surface area contributed by atoms with Crippen molar-refractivity contribution in [2.24, 2.45) is 0 Å². The summed E-state index contributed by atoms with van der Waals surface area (Å²) in [6.07, 6.45) is 1.04. The zero-order valence-corrected chi connectivity index (χ0v) is 8.12. The molecule has 1 unspecified atom stereocenters. The van der Waals surface area contributed by atoms with Crippen LogP contribution in [0.5, 0.6) is 0 Å². The van der Waals surface area contributed by atoms with E-state index in [1.54, 1.807) is 0 Å². The lowest BCUT2D eigenvalue weighted by molar-refractivity contribution is -0.119. The van der Waals surface area contributed by atoms with E-state index in [2.05, 4.69) is 17.6 Å². The summed E-state index contributed by atoms with van der Waals surface area (Å²) in [6, 6.07) is 0.406. The maximum absolute atomic E-state index is 10.4. The molecule has 0 saturated heterocycles. The van der Waals surface area contributed by atoms with Gasteiger partial charge < -0.3 is 10.6 Å². The van der Waals surface area contributed by atoms with Gasteiger partial charge in [0.25, 0.3) is 0 Å². The van der Waals surface area contributed by atoms with Crippen molar-refractivity contribution in [3.05, 3.63) is 0 Å². The van der Waals surface area contributed by atoms with E-state index in [9.17, 15) is 4.79 Å². The highest BCUT2D eigenvalue weighted by molar-refractivity contribution is 5.85. The lowest BCUT2D eigenvalue weighted by Crippen LogP contribution is -2.37. The minimum atomic E-state index is 0. The van der Waals surface area contributed by atoms with Crippen LogP contribution in [0.25, 0.3) is 0 Å². The molecule has 0 rings (SSSR count). The van der Waals surface area contributed by atoms with E-state index < -0.39 is 0 Å². The third-order valence-electron chi connectivity index (χ3n) is 1.50. The number of likely N-dealkylation sites (N-methyl/N-ethyl adjacent to an activating group) is 1. The molecule has 11 heavy (non-hydrogen) atoms. The van der Waals surface area contributed by atoms with Crippen molar-refractivity contribution in [3.63, 3.8) is 0 Å². The molecule has 0 aromatic carbocycles. The molecule has 0 saturated carbocycles. The lowest BCUT2D eigenvalue weighted by Gasteiger charge is -2.12. The Morgan fingerprint density at radius 2 is 2.09 bits per heavy atom. The number of carbonyl (C=O) groups is 1. The van der Waals surface area contributed by atoms with Gasteiger partial charge in [0.15, 0.2) is 0 Å². The quantitative estimate of drug-likeness (QED) is 0.663. The molecule has 2 N–H and O–H groups in total. The van der Waals surface area contributed by atoms with Crippen molar-refractivity contribution in [2.45, 2.75) is 26.3 Å². The van der Waals surface area contributed by atoms with Gasteiger partial charge in [-0.2, -0.15) is 0 Å². The molecular weight excluding hydrogens is 164 g/mol. The molecule has 0 aliphatic rings. The number of carbonyl (C=O) groups excluding carboxylic acids is 1. The van der Waals surface area contributed by atoms with Gasteiger partial charge in [-0.3, -0.25) is 4.79 Å². The zero-order valence-electron chi connectivity index (χ0n) is 7.31. The van der Waals surface area contributed by atoms with Crippen LogP contribution in [0.2, 0.25) is 0 Å². The molecule has 0 aromatic heterocycles. The Hall–Kier alpha value is -0.280. The second kappa shape index (κ2) is 7.82. The third kappa shape index (κ3) is 7.62. The summed E-state index contributed by atoms with van der Waals surface area (Å²) in [5, 5.41) is 5.84. The van der Waals surface area contributed by atoms with Crippen LogP contribution in [0, 0.1) is 0 Å². The smallest absolute Gasteiger partial charge is 0.216 e. The first-order valence-electron chi connectivity index (χ1n) is 3.62. The molecule has 0 spiro atoms. The Balaban J connectivity index is 0. The highest BCUT2D eigenvalue weighted by Crippen LogP contribution is 1.85. The third-order valence-corrected chi connectivity index (χ3v) is 1.50. The fourth-order valence-corrected chi connectivity index (χ4v) is 0.717. The van der Waals surface area contributed by atoms with Crippen molar-refractivity contribution < 1.29 is 4.79 Å². The maximum atomic E-state index is 10.4. The van der Waals surface area contributed by atoms with E-state index in [1.807, 2.05) is 7.05 Å². The van der Waals surface area contributed by atoms with Crippen LogP contribution >= 0.6 is 12.4 Å². The molecule has 68 valence electrons. The van der Waals surface area contributed by atoms with Gasteiger partial charge >= 0.3 is 0 Å². The summed E-state index contributed by atoms with van der Waals surface area (Å²) >= 11 is 0. The van der Waals surface area contributed by atoms with Crippen molar-refractivity contribution in [1.29, 1.82) is 0 Å². The van der Waals surface area contributed by atoms with Gasteiger partial charge in [-0.1, -0.05) is 6.92 Å². The summed E-state index contributed by atoms with van der Waals surface area (Å²) in [6.45, 7) is 4.34. The van der Waals surface area contributed by atoms with Crippen LogP contribution in [0.4, 0.5) is 0 Å². The molecule has 1 atom stereocenters. The largest absolute Gasteiger partial charge is 0.355 e. The molecule has 0 aliphatic carbocycles. The minimum absolute atomic E-state index is 0. The Bertz CT molecular complexity index is 105. The first kappa shape index (κ1) is 13.3. The molecule has 0 radical (unpaired) electrons. The first-order chi connectivity index (χ1) is 4.70. The number of hydrogen-bond acceptors (Lipinski definition) is 2. The minimum Gasteiger partial charge on any atom is -0.355 e. The molecule has 0 fully saturated rings. The highest BCUT2D eigenvalue weighted by Gasteiger charge is 2.01. The summed E-state index contributed by atoms with van der Waals surface area (Å²) < 4.78 is 0.